The zero-order valence-corrected chi connectivity index (χ0v) is 18.8. The number of hydrogen-bond donors (Lipinski definition) is 0. The third kappa shape index (κ3) is 4.80. The van der Waals surface area contributed by atoms with Crippen LogP contribution >= 0.6 is 0 Å². The fourth-order valence-corrected chi connectivity index (χ4v) is 4.15. The molecule has 0 atom stereocenters. The topological polar surface area (TPSA) is 54.5 Å². The van der Waals surface area contributed by atoms with Gasteiger partial charge in [0, 0.05) is 55.4 Å². The second-order valence-corrected chi connectivity index (χ2v) is 8.37. The number of amides is 1. The van der Waals surface area contributed by atoms with Crippen molar-refractivity contribution in [1.82, 2.24) is 19.5 Å². The van der Waals surface area contributed by atoms with E-state index in [9.17, 15) is 4.79 Å². The second kappa shape index (κ2) is 8.94. The molecule has 1 fully saturated rings. The molecule has 0 saturated carbocycles. The van der Waals surface area contributed by atoms with Crippen molar-refractivity contribution in [1.29, 1.82) is 0 Å². The van der Waals surface area contributed by atoms with Crippen LogP contribution in [0.5, 0.6) is 0 Å². The highest BCUT2D eigenvalue weighted by Crippen LogP contribution is 2.22. The van der Waals surface area contributed by atoms with Crippen LogP contribution in [0.1, 0.15) is 34.0 Å². The van der Waals surface area contributed by atoms with Gasteiger partial charge in [0.1, 0.15) is 0 Å². The molecule has 0 radical (unpaired) electrons. The molecule has 0 unspecified atom stereocenters. The number of aryl methyl sites for hydroxylation is 3. The number of aromatic nitrogens is 2. The largest absolute Gasteiger partial charge is 0.360 e. The minimum Gasteiger partial charge on any atom is -0.360 e. The predicted octanol–water partition coefficient (Wildman–Crippen LogP) is 4.06. The number of piperazine rings is 1. The van der Waals surface area contributed by atoms with Crippen molar-refractivity contribution >= 4 is 12.0 Å². The molecule has 1 aromatic carbocycles. The van der Waals surface area contributed by atoms with Gasteiger partial charge in [0.15, 0.2) is 5.76 Å². The maximum Gasteiger partial charge on any atom is 0.246 e. The molecular weight excluding hydrogens is 388 g/mol. The number of carbonyl (C=O) groups excluding carboxylic acids is 1. The fraction of sp³-hybridized carbons (Fsp3) is 0.360. The summed E-state index contributed by atoms with van der Waals surface area (Å²) in [7, 11) is 0. The van der Waals surface area contributed by atoms with Crippen molar-refractivity contribution in [2.24, 2.45) is 0 Å². The highest BCUT2D eigenvalue weighted by atomic mass is 16.5. The molecule has 1 aliphatic heterocycles. The Morgan fingerprint density at radius 1 is 1.03 bits per heavy atom. The molecule has 1 aliphatic rings. The van der Waals surface area contributed by atoms with Crippen molar-refractivity contribution in [2.45, 2.75) is 34.2 Å². The number of rotatable bonds is 5. The summed E-state index contributed by atoms with van der Waals surface area (Å²) in [5, 5.41) is 3.94. The summed E-state index contributed by atoms with van der Waals surface area (Å²) in [6, 6.07) is 12.6. The van der Waals surface area contributed by atoms with E-state index in [-0.39, 0.29) is 5.91 Å². The van der Waals surface area contributed by atoms with Gasteiger partial charge in [-0.2, -0.15) is 0 Å². The molecule has 6 heteroatoms. The first-order valence-corrected chi connectivity index (χ1v) is 10.8. The van der Waals surface area contributed by atoms with Gasteiger partial charge in [0.05, 0.1) is 12.2 Å². The average Bonchev–Trinajstić information content (AvgIpc) is 3.29. The third-order valence-corrected chi connectivity index (χ3v) is 5.91. The monoisotopic (exact) mass is 418 g/mol. The normalized spacial score (nSPS) is 15.2. The van der Waals surface area contributed by atoms with Crippen molar-refractivity contribution in [2.75, 3.05) is 26.2 Å². The van der Waals surface area contributed by atoms with Crippen LogP contribution in [0, 0.1) is 27.7 Å². The van der Waals surface area contributed by atoms with E-state index in [1.165, 1.54) is 5.56 Å². The van der Waals surface area contributed by atoms with E-state index in [4.69, 9.17) is 4.52 Å². The molecule has 6 nitrogen and oxygen atoms in total. The molecule has 0 aliphatic carbocycles. The predicted molar refractivity (Wildman–Crippen MR) is 122 cm³/mol. The molecule has 31 heavy (non-hydrogen) atoms. The van der Waals surface area contributed by atoms with E-state index in [2.05, 4.69) is 65.7 Å². The lowest BCUT2D eigenvalue weighted by molar-refractivity contribution is -0.127. The number of carbonyl (C=O) groups is 1. The van der Waals surface area contributed by atoms with E-state index < -0.39 is 0 Å². The zero-order chi connectivity index (χ0) is 22.0. The van der Waals surface area contributed by atoms with Gasteiger partial charge in [-0.1, -0.05) is 22.9 Å². The lowest BCUT2D eigenvalue weighted by atomic mass is 10.2. The molecule has 0 spiro atoms. The zero-order valence-electron chi connectivity index (χ0n) is 18.8. The summed E-state index contributed by atoms with van der Waals surface area (Å²) >= 11 is 0. The molecule has 0 N–H and O–H groups in total. The minimum absolute atomic E-state index is 0.0651. The van der Waals surface area contributed by atoms with Crippen molar-refractivity contribution in [3.05, 3.63) is 76.4 Å². The number of hydrogen-bond acceptors (Lipinski definition) is 4. The summed E-state index contributed by atoms with van der Waals surface area (Å²) in [5.74, 6) is 0.941. The standard InChI is InChI=1S/C25H30N4O2/c1-18-5-8-23(9-6-18)29-20(3)16-22(21(29)4)7-10-25(30)28-13-11-27(12-14-28)17-24-15-19(2)26-31-24/h5-10,15-16H,11-14,17H2,1-4H3/b10-7+. The molecule has 2 aromatic heterocycles. The molecule has 1 amide bonds. The molecule has 1 saturated heterocycles. The summed E-state index contributed by atoms with van der Waals surface area (Å²) in [5.41, 5.74) is 6.65. The fourth-order valence-electron chi connectivity index (χ4n) is 4.15. The van der Waals surface area contributed by atoms with E-state index in [0.29, 0.717) is 0 Å². The van der Waals surface area contributed by atoms with E-state index in [1.807, 2.05) is 24.0 Å². The van der Waals surface area contributed by atoms with Crippen LogP contribution in [0.2, 0.25) is 0 Å². The molecule has 162 valence electrons. The van der Waals surface area contributed by atoms with Gasteiger partial charge in [-0.15, -0.1) is 0 Å². The Kier molecular flexibility index (Phi) is 6.09. The summed E-state index contributed by atoms with van der Waals surface area (Å²) in [4.78, 5) is 16.9. The maximum absolute atomic E-state index is 12.7. The summed E-state index contributed by atoms with van der Waals surface area (Å²) < 4.78 is 7.53. The van der Waals surface area contributed by atoms with Gasteiger partial charge in [-0.25, -0.2) is 0 Å². The molecule has 4 rings (SSSR count). The first kappa shape index (κ1) is 21.1. The molecule has 3 heterocycles. The highest BCUT2D eigenvalue weighted by molar-refractivity contribution is 5.92. The Balaban J connectivity index is 1.37. The van der Waals surface area contributed by atoms with Crippen LogP contribution in [-0.2, 0) is 11.3 Å². The Labute approximate surface area is 183 Å². The first-order valence-electron chi connectivity index (χ1n) is 10.8. The average molecular weight is 419 g/mol. The Morgan fingerprint density at radius 3 is 2.39 bits per heavy atom. The van der Waals surface area contributed by atoms with Crippen LogP contribution in [0.25, 0.3) is 11.8 Å². The molecular formula is C25H30N4O2. The molecule has 3 aromatic rings. The quantitative estimate of drug-likeness (QED) is 0.587. The van der Waals surface area contributed by atoms with Gasteiger partial charge in [0.2, 0.25) is 5.91 Å². The minimum atomic E-state index is 0.0651. The lowest BCUT2D eigenvalue weighted by Crippen LogP contribution is -2.47. The summed E-state index contributed by atoms with van der Waals surface area (Å²) in [6.07, 6.45) is 3.65. The van der Waals surface area contributed by atoms with E-state index in [0.717, 1.165) is 66.8 Å². The first-order chi connectivity index (χ1) is 14.9. The van der Waals surface area contributed by atoms with Gasteiger partial charge >= 0.3 is 0 Å². The van der Waals surface area contributed by atoms with Gasteiger partial charge < -0.3 is 14.0 Å². The van der Waals surface area contributed by atoms with Crippen LogP contribution in [0.4, 0.5) is 0 Å². The van der Waals surface area contributed by atoms with E-state index >= 15 is 0 Å². The second-order valence-electron chi connectivity index (χ2n) is 8.37. The van der Waals surface area contributed by atoms with Crippen LogP contribution in [0.3, 0.4) is 0 Å². The Bertz CT molecular complexity index is 1080. The van der Waals surface area contributed by atoms with Crippen LogP contribution in [0.15, 0.2) is 47.0 Å². The molecule has 0 bridgehead atoms. The SMILES string of the molecule is Cc1ccc(-n2c(C)cc(/C=C/C(=O)N3CCN(Cc4cc(C)no4)CC3)c2C)cc1. The lowest BCUT2D eigenvalue weighted by Gasteiger charge is -2.33. The number of nitrogens with zero attached hydrogens (tertiary/aromatic N) is 4. The van der Waals surface area contributed by atoms with Crippen molar-refractivity contribution in [3.8, 4) is 5.69 Å². The van der Waals surface area contributed by atoms with Crippen molar-refractivity contribution < 1.29 is 9.32 Å². The van der Waals surface area contributed by atoms with Gasteiger partial charge in [-0.3, -0.25) is 9.69 Å². The van der Waals surface area contributed by atoms with Crippen LogP contribution in [-0.4, -0.2) is 51.6 Å². The van der Waals surface area contributed by atoms with Gasteiger partial charge in [-0.05, 0) is 57.5 Å². The highest BCUT2D eigenvalue weighted by Gasteiger charge is 2.21. The van der Waals surface area contributed by atoms with E-state index in [1.54, 1.807) is 6.08 Å². The maximum atomic E-state index is 12.7. The summed E-state index contributed by atoms with van der Waals surface area (Å²) in [6.45, 7) is 12.1. The smallest absolute Gasteiger partial charge is 0.246 e. The van der Waals surface area contributed by atoms with Crippen LogP contribution < -0.4 is 0 Å². The van der Waals surface area contributed by atoms with Gasteiger partial charge in [0.25, 0.3) is 0 Å². The number of benzene rings is 1. The Morgan fingerprint density at radius 2 is 1.74 bits per heavy atom. The Hall–Kier alpha value is -3.12. The third-order valence-electron chi connectivity index (χ3n) is 5.91. The van der Waals surface area contributed by atoms with Crippen molar-refractivity contribution in [3.63, 3.8) is 0 Å².